The van der Waals surface area contributed by atoms with Crippen LogP contribution in [0.15, 0.2) is 23.1 Å². The number of hydrogen-bond donors (Lipinski definition) is 0. The molecule has 19 heavy (non-hydrogen) atoms. The quantitative estimate of drug-likeness (QED) is 0.627. The Bertz CT molecular complexity index is 474. The van der Waals surface area contributed by atoms with E-state index in [0.717, 1.165) is 22.2 Å². The van der Waals surface area contributed by atoms with Gasteiger partial charge in [-0.05, 0) is 42.4 Å². The number of amides is 1. The van der Waals surface area contributed by atoms with Gasteiger partial charge in [0.1, 0.15) is 5.75 Å². The Morgan fingerprint density at radius 3 is 2.53 bits per heavy atom. The number of ether oxygens (including phenoxy) is 2. The van der Waals surface area contributed by atoms with Gasteiger partial charge in [0.2, 0.25) is 0 Å². The first-order valence-corrected chi connectivity index (χ1v) is 6.45. The summed E-state index contributed by atoms with van der Waals surface area (Å²) in [6.45, 7) is 1.73. The molecule has 0 heterocycles. The molecule has 0 saturated heterocycles. The van der Waals surface area contributed by atoms with Crippen LogP contribution in [0.25, 0.3) is 0 Å². The summed E-state index contributed by atoms with van der Waals surface area (Å²) in [5.74, 6) is 0.174. The third kappa shape index (κ3) is 4.82. The fourth-order valence-electron chi connectivity index (χ4n) is 1.24. The van der Waals surface area contributed by atoms with Gasteiger partial charge in [0.15, 0.2) is 6.61 Å². The second-order valence-corrected chi connectivity index (χ2v) is 5.08. The smallest absolute Gasteiger partial charge is 0.343 e. The maximum atomic E-state index is 11.6. The molecular weight excluding hydrogens is 266 g/mol. The van der Waals surface area contributed by atoms with Crippen molar-refractivity contribution in [2.24, 2.45) is 0 Å². The van der Waals surface area contributed by atoms with Crippen molar-refractivity contribution in [3.05, 3.63) is 23.8 Å². The standard InChI is InChI=1S/C13H17NO4S/c1-9-7-10(19-13(16)14(2)3)5-6-11(9)18-8-12(15)17-4/h5-7H,8H2,1-4H3. The molecule has 104 valence electrons. The van der Waals surface area contributed by atoms with Crippen LogP contribution in [0.3, 0.4) is 0 Å². The minimum Gasteiger partial charge on any atom is -0.482 e. The SMILES string of the molecule is COC(=O)COc1ccc(SC(=O)N(C)C)cc1C. The predicted octanol–water partition coefficient (Wildman–Crippen LogP) is 2.32. The summed E-state index contributed by atoms with van der Waals surface area (Å²) in [4.78, 5) is 24.9. The number of carbonyl (C=O) groups is 2. The number of methoxy groups -OCH3 is 1. The topological polar surface area (TPSA) is 55.8 Å². The number of thioether (sulfide) groups is 1. The molecule has 0 N–H and O–H groups in total. The first kappa shape index (κ1) is 15.4. The molecule has 1 amide bonds. The summed E-state index contributed by atoms with van der Waals surface area (Å²) < 4.78 is 9.81. The Balaban J connectivity index is 2.69. The lowest BCUT2D eigenvalue weighted by atomic mass is 10.2. The summed E-state index contributed by atoms with van der Waals surface area (Å²) in [5, 5.41) is -0.0392. The number of benzene rings is 1. The Hall–Kier alpha value is -1.69. The average Bonchev–Trinajstić information content (AvgIpc) is 2.37. The second-order valence-electron chi connectivity index (χ2n) is 4.05. The zero-order valence-corrected chi connectivity index (χ0v) is 12.2. The van der Waals surface area contributed by atoms with Crippen molar-refractivity contribution in [2.45, 2.75) is 11.8 Å². The van der Waals surface area contributed by atoms with Crippen LogP contribution in [-0.4, -0.2) is 43.9 Å². The summed E-state index contributed by atoms with van der Waals surface area (Å²) >= 11 is 1.14. The fourth-order valence-corrected chi connectivity index (χ4v) is 1.99. The molecule has 0 aliphatic carbocycles. The third-order valence-corrected chi connectivity index (χ3v) is 3.32. The largest absolute Gasteiger partial charge is 0.482 e. The van der Waals surface area contributed by atoms with Crippen LogP contribution in [0.5, 0.6) is 5.75 Å². The normalized spacial score (nSPS) is 9.89. The summed E-state index contributed by atoms with van der Waals surface area (Å²) in [5.41, 5.74) is 0.862. The minimum atomic E-state index is -0.430. The minimum absolute atomic E-state index is 0.0392. The van der Waals surface area contributed by atoms with Gasteiger partial charge in [0.25, 0.3) is 5.24 Å². The van der Waals surface area contributed by atoms with E-state index in [1.807, 2.05) is 13.0 Å². The van der Waals surface area contributed by atoms with Gasteiger partial charge in [0, 0.05) is 19.0 Å². The Labute approximate surface area is 116 Å². The van der Waals surface area contributed by atoms with Crippen molar-refractivity contribution in [2.75, 3.05) is 27.8 Å². The molecule has 5 nitrogen and oxygen atoms in total. The Kier molecular flexibility index (Phi) is 5.69. The Morgan fingerprint density at radius 1 is 1.32 bits per heavy atom. The Morgan fingerprint density at radius 2 is 2.00 bits per heavy atom. The van der Waals surface area contributed by atoms with E-state index in [1.165, 1.54) is 12.0 Å². The lowest BCUT2D eigenvalue weighted by Gasteiger charge is -2.11. The van der Waals surface area contributed by atoms with E-state index in [4.69, 9.17) is 4.74 Å². The van der Waals surface area contributed by atoms with Crippen molar-refractivity contribution >= 4 is 23.0 Å². The molecule has 1 aromatic carbocycles. The van der Waals surface area contributed by atoms with Gasteiger partial charge in [-0.25, -0.2) is 4.79 Å². The van der Waals surface area contributed by atoms with E-state index in [9.17, 15) is 9.59 Å². The first-order chi connectivity index (χ1) is 8.93. The van der Waals surface area contributed by atoms with E-state index in [0.29, 0.717) is 5.75 Å². The van der Waals surface area contributed by atoms with E-state index >= 15 is 0 Å². The molecule has 1 rings (SSSR count). The first-order valence-electron chi connectivity index (χ1n) is 5.63. The average molecular weight is 283 g/mol. The van der Waals surface area contributed by atoms with E-state index in [2.05, 4.69) is 4.74 Å². The highest BCUT2D eigenvalue weighted by Crippen LogP contribution is 2.26. The predicted molar refractivity (Wildman–Crippen MR) is 73.6 cm³/mol. The van der Waals surface area contributed by atoms with Gasteiger partial charge >= 0.3 is 5.97 Å². The number of hydrogen-bond acceptors (Lipinski definition) is 5. The monoisotopic (exact) mass is 283 g/mol. The van der Waals surface area contributed by atoms with E-state index in [-0.39, 0.29) is 11.8 Å². The molecule has 0 fully saturated rings. The third-order valence-electron chi connectivity index (χ3n) is 2.29. The van der Waals surface area contributed by atoms with E-state index in [1.54, 1.807) is 26.2 Å². The summed E-state index contributed by atoms with van der Waals surface area (Å²) in [7, 11) is 4.72. The second kappa shape index (κ2) is 7.04. The van der Waals surface area contributed by atoms with Crippen LogP contribution in [0, 0.1) is 6.92 Å². The van der Waals surface area contributed by atoms with Crippen LogP contribution >= 0.6 is 11.8 Å². The van der Waals surface area contributed by atoms with Crippen LogP contribution in [0.4, 0.5) is 4.79 Å². The molecule has 0 bridgehead atoms. The highest BCUT2D eigenvalue weighted by Gasteiger charge is 2.09. The number of nitrogens with zero attached hydrogens (tertiary/aromatic N) is 1. The molecule has 0 aliphatic rings. The van der Waals surface area contributed by atoms with Gasteiger partial charge < -0.3 is 14.4 Å². The van der Waals surface area contributed by atoms with Crippen LogP contribution in [0.2, 0.25) is 0 Å². The molecule has 0 aliphatic heterocycles. The van der Waals surface area contributed by atoms with Gasteiger partial charge in [-0.1, -0.05) is 0 Å². The lowest BCUT2D eigenvalue weighted by Crippen LogP contribution is -2.16. The van der Waals surface area contributed by atoms with Gasteiger partial charge in [0.05, 0.1) is 7.11 Å². The molecule has 0 radical (unpaired) electrons. The molecule has 0 unspecified atom stereocenters. The molecule has 0 saturated carbocycles. The van der Waals surface area contributed by atoms with Crippen LogP contribution in [-0.2, 0) is 9.53 Å². The zero-order valence-electron chi connectivity index (χ0n) is 11.4. The van der Waals surface area contributed by atoms with Crippen LogP contribution < -0.4 is 4.74 Å². The maximum absolute atomic E-state index is 11.6. The van der Waals surface area contributed by atoms with Gasteiger partial charge in [-0.3, -0.25) is 4.79 Å². The zero-order chi connectivity index (χ0) is 14.4. The summed E-state index contributed by atoms with van der Waals surface area (Å²) in [6.07, 6.45) is 0. The number of aryl methyl sites for hydroxylation is 1. The van der Waals surface area contributed by atoms with Crippen molar-refractivity contribution in [3.8, 4) is 5.75 Å². The van der Waals surface area contributed by atoms with Gasteiger partial charge in [-0.2, -0.15) is 0 Å². The van der Waals surface area contributed by atoms with Crippen molar-refractivity contribution in [1.29, 1.82) is 0 Å². The molecular formula is C13H17NO4S. The van der Waals surface area contributed by atoms with Gasteiger partial charge in [-0.15, -0.1) is 0 Å². The number of esters is 1. The van der Waals surface area contributed by atoms with Crippen LogP contribution in [0.1, 0.15) is 5.56 Å². The highest BCUT2D eigenvalue weighted by atomic mass is 32.2. The van der Waals surface area contributed by atoms with E-state index < -0.39 is 5.97 Å². The lowest BCUT2D eigenvalue weighted by molar-refractivity contribution is -0.142. The molecule has 6 heteroatoms. The molecule has 1 aromatic rings. The van der Waals surface area contributed by atoms with Crippen molar-refractivity contribution in [3.63, 3.8) is 0 Å². The van der Waals surface area contributed by atoms with Crippen molar-refractivity contribution < 1.29 is 19.1 Å². The number of carbonyl (C=O) groups excluding carboxylic acids is 2. The maximum Gasteiger partial charge on any atom is 0.343 e. The molecule has 0 atom stereocenters. The number of rotatable bonds is 4. The molecule has 0 spiro atoms. The fraction of sp³-hybridized carbons (Fsp3) is 0.385. The molecule has 0 aromatic heterocycles. The van der Waals surface area contributed by atoms with Crippen molar-refractivity contribution in [1.82, 2.24) is 4.90 Å². The highest BCUT2D eigenvalue weighted by molar-refractivity contribution is 8.13. The summed E-state index contributed by atoms with van der Waals surface area (Å²) in [6, 6.07) is 5.37.